The highest BCUT2D eigenvalue weighted by Crippen LogP contribution is 2.26. The zero-order valence-corrected chi connectivity index (χ0v) is 34.3. The maximum absolute atomic E-state index is 13.2. The maximum Gasteiger partial charge on any atom is 0.308 e. The van der Waals surface area contributed by atoms with Crippen molar-refractivity contribution < 1.29 is 54.8 Å². The molecular formula is C44H74O11. The van der Waals surface area contributed by atoms with Crippen LogP contribution < -0.4 is 0 Å². The van der Waals surface area contributed by atoms with Gasteiger partial charge in [-0.25, -0.2) is 0 Å². The van der Waals surface area contributed by atoms with E-state index in [-0.39, 0.29) is 43.6 Å². The van der Waals surface area contributed by atoms with Gasteiger partial charge in [0.05, 0.1) is 49.1 Å². The first-order valence-corrected chi connectivity index (χ1v) is 20.4. The van der Waals surface area contributed by atoms with Gasteiger partial charge in [0.1, 0.15) is 6.10 Å². The van der Waals surface area contributed by atoms with Crippen LogP contribution in [0.2, 0.25) is 0 Å². The van der Waals surface area contributed by atoms with Gasteiger partial charge in [-0.3, -0.25) is 9.59 Å². The summed E-state index contributed by atoms with van der Waals surface area (Å²) in [6.45, 7) is 9.15. The van der Waals surface area contributed by atoms with Gasteiger partial charge in [-0.15, -0.1) is 0 Å². The summed E-state index contributed by atoms with van der Waals surface area (Å²) in [7, 11) is 1.66. The molecule has 0 saturated carbocycles. The minimum absolute atomic E-state index is 0.0290. The molecule has 0 aromatic carbocycles. The van der Waals surface area contributed by atoms with E-state index in [4.69, 9.17) is 14.6 Å². The molecule has 316 valence electrons. The predicted molar refractivity (Wildman–Crippen MR) is 216 cm³/mol. The van der Waals surface area contributed by atoms with Gasteiger partial charge in [-0.1, -0.05) is 88.0 Å². The van der Waals surface area contributed by atoms with Gasteiger partial charge in [0.2, 0.25) is 0 Å². The van der Waals surface area contributed by atoms with Gasteiger partial charge >= 0.3 is 11.9 Å². The van der Waals surface area contributed by atoms with E-state index < -0.39 is 66.5 Å². The van der Waals surface area contributed by atoms with Crippen LogP contribution in [0.1, 0.15) is 125 Å². The van der Waals surface area contributed by atoms with E-state index in [0.29, 0.717) is 57.8 Å². The van der Waals surface area contributed by atoms with E-state index in [0.717, 1.165) is 12.0 Å². The number of aliphatic hydroxyl groups is 6. The minimum atomic E-state index is -1.22. The highest BCUT2D eigenvalue weighted by atomic mass is 16.5. The lowest BCUT2D eigenvalue weighted by Crippen LogP contribution is -2.38. The number of carboxylic acid groups (broad SMARTS) is 1. The van der Waals surface area contributed by atoms with Crippen LogP contribution in [0, 0.1) is 23.7 Å². The number of ether oxygens (including phenoxy) is 2. The fourth-order valence-corrected chi connectivity index (χ4v) is 6.63. The Balaban J connectivity index is 2.93. The van der Waals surface area contributed by atoms with Gasteiger partial charge in [-0.05, 0) is 89.4 Å². The number of allylic oxidation sites excluding steroid dienone is 7. The summed E-state index contributed by atoms with van der Waals surface area (Å²) in [6, 6.07) is 0. The molecule has 1 rings (SSSR count). The summed E-state index contributed by atoms with van der Waals surface area (Å²) in [4.78, 5) is 23.9. The van der Waals surface area contributed by atoms with Crippen LogP contribution in [0.3, 0.4) is 0 Å². The first-order chi connectivity index (χ1) is 26.0. The van der Waals surface area contributed by atoms with Gasteiger partial charge in [-0.2, -0.15) is 0 Å². The minimum Gasteiger partial charge on any atom is -0.481 e. The molecule has 55 heavy (non-hydrogen) atoms. The van der Waals surface area contributed by atoms with E-state index >= 15 is 0 Å². The largest absolute Gasteiger partial charge is 0.481 e. The molecule has 12 atom stereocenters. The third-order valence-electron chi connectivity index (χ3n) is 10.8. The van der Waals surface area contributed by atoms with Gasteiger partial charge < -0.3 is 45.2 Å². The van der Waals surface area contributed by atoms with Crippen molar-refractivity contribution in [1.29, 1.82) is 0 Å². The highest BCUT2D eigenvalue weighted by molar-refractivity contribution is 5.70. The zero-order chi connectivity index (χ0) is 41.3. The van der Waals surface area contributed by atoms with Crippen molar-refractivity contribution in [3.05, 3.63) is 60.3 Å². The van der Waals surface area contributed by atoms with Gasteiger partial charge in [0.25, 0.3) is 0 Å². The third kappa shape index (κ3) is 23.3. The lowest BCUT2D eigenvalue weighted by Gasteiger charge is -2.30. The Morgan fingerprint density at radius 1 is 0.945 bits per heavy atom. The summed E-state index contributed by atoms with van der Waals surface area (Å²) in [5.74, 6) is -2.80. The smallest absolute Gasteiger partial charge is 0.308 e. The molecule has 11 heteroatoms. The molecule has 1 heterocycles. The SMILES string of the molecule is CO[C@@H]1C/C=C\C=C\C[C@H](C)[C@@H](O)C[C@@H](O)[C@H](C)[C@H](O)CC(=O)O[C@H]([C@H](C)[C@H](O)/C=C(\C)CC/C=C/C=C/C[C@H](O)C[C@@H](C)CCC(=O)O)C[C@H](O)CCC1. The second-order valence-electron chi connectivity index (χ2n) is 15.9. The number of aliphatic carboxylic acids is 1. The fraction of sp³-hybridized carbons (Fsp3) is 0.727. The van der Waals surface area contributed by atoms with Crippen LogP contribution in [-0.4, -0.2) is 104 Å². The van der Waals surface area contributed by atoms with Crippen LogP contribution in [0.4, 0.5) is 0 Å². The summed E-state index contributed by atoms with van der Waals surface area (Å²) in [5.41, 5.74) is 0.939. The summed E-state index contributed by atoms with van der Waals surface area (Å²) < 4.78 is 11.5. The number of aliphatic hydroxyl groups excluding tert-OH is 6. The second kappa shape index (κ2) is 28.7. The molecule has 0 aliphatic carbocycles. The van der Waals surface area contributed by atoms with Gasteiger partial charge in [0, 0.05) is 31.8 Å². The Bertz CT molecular complexity index is 1210. The molecule has 0 unspecified atom stereocenters. The Hall–Kier alpha value is -2.64. The standard InChI is InChI=1S/C44H74O11/c1-30(17-12-8-7-9-14-19-35(45)25-31(2)23-24-43(51)52)26-39(48)34(5)42-27-36(46)20-16-22-37(54-6)21-15-11-10-13-18-32(3)38(47)28-40(49)33(4)41(50)29-44(53)55-42/h7-11,13-15,26,31-42,45-50H,12,16-25,27-29H2,1-6H3,(H,51,52)/b8-7+,13-10+,14-9+,15-11-,30-26+/t31-,32-,33-,34+,35-,36+,37+,38-,39+,40+,41+,42-/m0/s1. The summed E-state index contributed by atoms with van der Waals surface area (Å²) >= 11 is 0. The van der Waals surface area contributed by atoms with Crippen LogP contribution >= 0.6 is 0 Å². The Morgan fingerprint density at radius 2 is 1.62 bits per heavy atom. The number of carbonyl (C=O) groups is 2. The normalized spacial score (nSPS) is 31.1. The van der Waals surface area contributed by atoms with Crippen molar-refractivity contribution in [3.63, 3.8) is 0 Å². The molecule has 0 radical (unpaired) electrons. The summed E-state index contributed by atoms with van der Waals surface area (Å²) in [6.07, 6.45) is 17.0. The molecule has 7 N–H and O–H groups in total. The zero-order valence-electron chi connectivity index (χ0n) is 34.3. The quantitative estimate of drug-likeness (QED) is 0.0556. The lowest BCUT2D eigenvalue weighted by atomic mass is 9.88. The second-order valence-corrected chi connectivity index (χ2v) is 15.9. The lowest BCUT2D eigenvalue weighted by molar-refractivity contribution is -0.158. The molecular weight excluding hydrogens is 704 g/mol. The van der Waals surface area contributed by atoms with Crippen LogP contribution in [-0.2, 0) is 19.1 Å². The van der Waals surface area contributed by atoms with E-state index in [2.05, 4.69) is 0 Å². The molecule has 1 aliphatic heterocycles. The molecule has 0 bridgehead atoms. The maximum atomic E-state index is 13.2. The average Bonchev–Trinajstić information content (AvgIpc) is 3.12. The van der Waals surface area contributed by atoms with Crippen molar-refractivity contribution in [2.24, 2.45) is 23.7 Å². The number of rotatable bonds is 15. The van der Waals surface area contributed by atoms with Crippen molar-refractivity contribution >= 4 is 11.9 Å². The molecule has 0 aromatic heterocycles. The number of cyclic esters (lactones) is 1. The van der Waals surface area contributed by atoms with E-state index in [1.165, 1.54) is 0 Å². The molecule has 0 saturated heterocycles. The van der Waals surface area contributed by atoms with Crippen LogP contribution in [0.5, 0.6) is 0 Å². The molecule has 0 aromatic rings. The molecule has 1 aliphatic rings. The fourth-order valence-electron chi connectivity index (χ4n) is 6.63. The number of carboxylic acids is 1. The Kier molecular flexibility index (Phi) is 26.3. The van der Waals surface area contributed by atoms with E-state index in [1.807, 2.05) is 69.4 Å². The van der Waals surface area contributed by atoms with Crippen LogP contribution in [0.15, 0.2) is 60.3 Å². The van der Waals surface area contributed by atoms with Crippen molar-refractivity contribution in [3.8, 4) is 0 Å². The van der Waals surface area contributed by atoms with Gasteiger partial charge in [0.15, 0.2) is 0 Å². The predicted octanol–water partition coefficient (Wildman–Crippen LogP) is 6.35. The molecule has 0 amide bonds. The first kappa shape index (κ1) is 50.4. The van der Waals surface area contributed by atoms with Crippen molar-refractivity contribution in [2.45, 2.75) is 173 Å². The van der Waals surface area contributed by atoms with Crippen molar-refractivity contribution in [1.82, 2.24) is 0 Å². The summed E-state index contributed by atoms with van der Waals surface area (Å²) in [5, 5.41) is 73.7. The Labute approximate surface area is 330 Å². The number of esters is 1. The monoisotopic (exact) mass is 779 g/mol. The van der Waals surface area contributed by atoms with E-state index in [9.17, 15) is 40.2 Å². The molecule has 11 nitrogen and oxygen atoms in total. The topological polar surface area (TPSA) is 194 Å². The number of carbonyl (C=O) groups excluding carboxylic acids is 1. The number of methoxy groups -OCH3 is 1. The highest BCUT2D eigenvalue weighted by Gasteiger charge is 2.32. The first-order valence-electron chi connectivity index (χ1n) is 20.4. The van der Waals surface area contributed by atoms with E-state index in [1.54, 1.807) is 27.0 Å². The van der Waals surface area contributed by atoms with Crippen LogP contribution in [0.25, 0.3) is 0 Å². The number of hydrogen-bond acceptors (Lipinski definition) is 10. The molecule has 0 fully saturated rings. The average molecular weight is 779 g/mol. The Morgan fingerprint density at radius 3 is 2.29 bits per heavy atom. The van der Waals surface area contributed by atoms with Crippen molar-refractivity contribution in [2.75, 3.05) is 7.11 Å². The molecule has 0 spiro atoms. The third-order valence-corrected chi connectivity index (χ3v) is 10.8. The number of hydrogen-bond donors (Lipinski definition) is 7.